The van der Waals surface area contributed by atoms with Crippen LogP contribution in [0.1, 0.15) is 40.7 Å². The van der Waals surface area contributed by atoms with Crippen LogP contribution in [0.2, 0.25) is 0 Å². The molecule has 0 aliphatic heterocycles. The molecule has 0 fully saturated rings. The van der Waals surface area contributed by atoms with Crippen LogP contribution in [0.25, 0.3) is 0 Å². The lowest BCUT2D eigenvalue weighted by Gasteiger charge is -2.15. The van der Waals surface area contributed by atoms with Crippen molar-refractivity contribution >= 4 is 11.7 Å². The second-order valence-electron chi connectivity index (χ2n) is 4.14. The zero-order valence-electron chi connectivity index (χ0n) is 9.16. The summed E-state index contributed by atoms with van der Waals surface area (Å²) >= 11 is 0. The van der Waals surface area contributed by atoms with Gasteiger partial charge in [0.1, 0.15) is 5.94 Å². The minimum atomic E-state index is -0.00303. The van der Waals surface area contributed by atoms with Crippen molar-refractivity contribution in [3.8, 4) is 0 Å². The Balaban J connectivity index is 2.22. The molecular formula is C14H14O2. The van der Waals surface area contributed by atoms with E-state index in [9.17, 15) is 9.59 Å². The van der Waals surface area contributed by atoms with E-state index in [1.165, 1.54) is 30.0 Å². The summed E-state index contributed by atoms with van der Waals surface area (Å²) in [5.74, 6) is 1.63. The third-order valence-electron chi connectivity index (χ3n) is 3.04. The molecule has 0 N–H and O–H groups in total. The van der Waals surface area contributed by atoms with Crippen molar-refractivity contribution in [1.82, 2.24) is 0 Å². The van der Waals surface area contributed by atoms with Crippen LogP contribution in [-0.4, -0.2) is 11.7 Å². The molecule has 0 atom stereocenters. The van der Waals surface area contributed by atoms with E-state index in [4.69, 9.17) is 0 Å². The minimum Gasteiger partial charge on any atom is -0.294 e. The molecule has 1 aliphatic rings. The molecule has 2 nitrogen and oxygen atoms in total. The van der Waals surface area contributed by atoms with E-state index in [1.54, 1.807) is 5.94 Å². The summed E-state index contributed by atoms with van der Waals surface area (Å²) in [5, 5.41) is 0. The standard InChI is InChI=1S/C14H14O2/c15-9-3-6-14(16)13-8-7-11-4-1-2-5-12(11)10-13/h3,7-8,10H,1-2,4-6H2. The first-order chi connectivity index (χ1) is 7.81. The molecule has 16 heavy (non-hydrogen) atoms. The molecule has 0 bridgehead atoms. The fourth-order valence-electron chi connectivity index (χ4n) is 2.16. The highest BCUT2D eigenvalue weighted by atomic mass is 16.1. The fraction of sp³-hybridized carbons (Fsp3) is 0.357. The van der Waals surface area contributed by atoms with Gasteiger partial charge in [-0.15, -0.1) is 0 Å². The summed E-state index contributed by atoms with van der Waals surface area (Å²) in [6.45, 7) is 0. The first kappa shape index (κ1) is 10.8. The number of ketones is 1. The zero-order valence-corrected chi connectivity index (χ0v) is 9.16. The summed E-state index contributed by atoms with van der Waals surface area (Å²) < 4.78 is 0. The van der Waals surface area contributed by atoms with E-state index in [0.29, 0.717) is 5.56 Å². The van der Waals surface area contributed by atoms with Gasteiger partial charge in [0.2, 0.25) is 0 Å². The molecule has 82 valence electrons. The van der Waals surface area contributed by atoms with E-state index in [-0.39, 0.29) is 12.2 Å². The third-order valence-corrected chi connectivity index (χ3v) is 3.04. The number of benzene rings is 1. The Bertz CT molecular complexity index is 454. The van der Waals surface area contributed by atoms with E-state index in [1.807, 2.05) is 18.2 Å². The Hall–Kier alpha value is -1.66. The van der Waals surface area contributed by atoms with E-state index in [0.717, 1.165) is 12.8 Å². The summed E-state index contributed by atoms with van der Waals surface area (Å²) in [4.78, 5) is 21.7. The van der Waals surface area contributed by atoms with Gasteiger partial charge in [0, 0.05) is 18.1 Å². The predicted molar refractivity (Wildman–Crippen MR) is 62.3 cm³/mol. The van der Waals surface area contributed by atoms with Crippen molar-refractivity contribution in [2.24, 2.45) is 0 Å². The maximum atomic E-state index is 11.7. The fourth-order valence-corrected chi connectivity index (χ4v) is 2.16. The average molecular weight is 214 g/mol. The maximum absolute atomic E-state index is 11.7. The summed E-state index contributed by atoms with van der Waals surface area (Å²) in [5.41, 5.74) is 3.38. The summed E-state index contributed by atoms with van der Waals surface area (Å²) in [7, 11) is 0. The molecule has 2 heteroatoms. The van der Waals surface area contributed by atoms with Crippen LogP contribution in [-0.2, 0) is 17.6 Å². The van der Waals surface area contributed by atoms with Crippen LogP contribution >= 0.6 is 0 Å². The monoisotopic (exact) mass is 214 g/mol. The Morgan fingerprint density at radius 3 is 2.75 bits per heavy atom. The number of carbonyl (C=O) groups is 1. The minimum absolute atomic E-state index is 0.00303. The van der Waals surface area contributed by atoms with Crippen molar-refractivity contribution in [3.63, 3.8) is 0 Å². The number of hydrogen-bond donors (Lipinski definition) is 0. The number of hydrogen-bond acceptors (Lipinski definition) is 2. The lowest BCUT2D eigenvalue weighted by Crippen LogP contribution is -2.05. The molecule has 2 rings (SSSR count). The largest absolute Gasteiger partial charge is 0.294 e. The van der Waals surface area contributed by atoms with Gasteiger partial charge in [-0.1, -0.05) is 12.1 Å². The van der Waals surface area contributed by atoms with Gasteiger partial charge in [-0.2, -0.15) is 0 Å². The quantitative estimate of drug-likeness (QED) is 0.572. The Kier molecular flexibility index (Phi) is 3.33. The van der Waals surface area contributed by atoms with Gasteiger partial charge in [0.05, 0.1) is 0 Å². The van der Waals surface area contributed by atoms with E-state index < -0.39 is 0 Å². The average Bonchev–Trinajstić information content (AvgIpc) is 2.35. The predicted octanol–water partition coefficient (Wildman–Crippen LogP) is 2.53. The smallest absolute Gasteiger partial charge is 0.167 e. The third kappa shape index (κ3) is 2.29. The van der Waals surface area contributed by atoms with Crippen LogP contribution in [0.3, 0.4) is 0 Å². The highest BCUT2D eigenvalue weighted by molar-refractivity contribution is 5.97. The molecular weight excluding hydrogens is 200 g/mol. The zero-order chi connectivity index (χ0) is 11.4. The van der Waals surface area contributed by atoms with Crippen LogP contribution in [0, 0.1) is 0 Å². The van der Waals surface area contributed by atoms with Crippen molar-refractivity contribution in [2.45, 2.75) is 32.1 Å². The van der Waals surface area contributed by atoms with Crippen molar-refractivity contribution in [1.29, 1.82) is 0 Å². The molecule has 0 unspecified atom stereocenters. The second-order valence-corrected chi connectivity index (χ2v) is 4.14. The van der Waals surface area contributed by atoms with Gasteiger partial charge in [-0.25, -0.2) is 4.79 Å². The number of allylic oxidation sites excluding steroid dienone is 1. The second kappa shape index (κ2) is 4.91. The van der Waals surface area contributed by atoms with Crippen LogP contribution in [0.15, 0.2) is 24.3 Å². The summed E-state index contributed by atoms with van der Waals surface area (Å²) in [6.07, 6.45) is 6.04. The van der Waals surface area contributed by atoms with Gasteiger partial charge in [-0.05, 0) is 42.9 Å². The number of fused-ring (bicyclic) bond motifs is 1. The highest BCUT2D eigenvalue weighted by Gasteiger charge is 2.11. The van der Waals surface area contributed by atoms with Crippen LogP contribution in [0.4, 0.5) is 0 Å². The molecule has 1 aromatic rings. The van der Waals surface area contributed by atoms with E-state index in [2.05, 4.69) is 0 Å². The number of Topliss-reactive ketones (excluding diaryl/α,β-unsaturated/α-hetero) is 1. The van der Waals surface area contributed by atoms with Crippen LogP contribution in [0.5, 0.6) is 0 Å². The molecule has 0 amide bonds. The maximum Gasteiger partial charge on any atom is 0.167 e. The molecule has 0 spiro atoms. The highest BCUT2D eigenvalue weighted by Crippen LogP contribution is 2.22. The topological polar surface area (TPSA) is 34.1 Å². The first-order valence-electron chi connectivity index (χ1n) is 5.65. The lowest BCUT2D eigenvalue weighted by molar-refractivity contribution is 0.0996. The van der Waals surface area contributed by atoms with Gasteiger partial charge in [0.15, 0.2) is 5.78 Å². The molecule has 0 radical (unpaired) electrons. The lowest BCUT2D eigenvalue weighted by atomic mass is 9.89. The molecule has 1 aromatic carbocycles. The molecule has 0 heterocycles. The van der Waals surface area contributed by atoms with Crippen LogP contribution < -0.4 is 0 Å². The molecule has 0 aromatic heterocycles. The van der Waals surface area contributed by atoms with E-state index >= 15 is 0 Å². The van der Waals surface area contributed by atoms with Crippen molar-refractivity contribution in [2.75, 3.05) is 0 Å². The van der Waals surface area contributed by atoms with Gasteiger partial charge >= 0.3 is 0 Å². The van der Waals surface area contributed by atoms with Gasteiger partial charge < -0.3 is 0 Å². The number of aryl methyl sites for hydroxylation is 2. The summed E-state index contributed by atoms with van der Waals surface area (Å²) in [6, 6.07) is 5.90. The van der Waals surface area contributed by atoms with Gasteiger partial charge in [-0.3, -0.25) is 4.79 Å². The molecule has 0 saturated carbocycles. The Morgan fingerprint density at radius 1 is 1.25 bits per heavy atom. The van der Waals surface area contributed by atoms with Crippen molar-refractivity contribution < 1.29 is 9.59 Å². The van der Waals surface area contributed by atoms with Crippen molar-refractivity contribution in [3.05, 3.63) is 41.0 Å². The Labute approximate surface area is 95.0 Å². The number of carbonyl (C=O) groups excluding carboxylic acids is 2. The molecule has 0 saturated heterocycles. The van der Waals surface area contributed by atoms with Gasteiger partial charge in [0.25, 0.3) is 0 Å². The SMILES string of the molecule is O=C=CCC(=O)c1ccc2c(c1)CCCC2. The number of rotatable bonds is 3. The Morgan fingerprint density at radius 2 is 2.00 bits per heavy atom. The first-order valence-corrected chi connectivity index (χ1v) is 5.65. The molecule has 1 aliphatic carbocycles. The normalized spacial score (nSPS) is 13.8.